The van der Waals surface area contributed by atoms with E-state index >= 15 is 0 Å². The number of nitrogens with zero attached hydrogens (tertiary/aromatic N) is 1. The monoisotopic (exact) mass is 251 g/mol. The molecule has 3 heteroatoms. The van der Waals surface area contributed by atoms with Crippen LogP contribution in [0.3, 0.4) is 0 Å². The molecule has 0 amide bonds. The van der Waals surface area contributed by atoms with Crippen LogP contribution in [0.15, 0.2) is 18.2 Å². The molecule has 1 unspecified atom stereocenters. The molecule has 0 bridgehead atoms. The van der Waals surface area contributed by atoms with Gasteiger partial charge in [0.15, 0.2) is 0 Å². The molecule has 100 valence electrons. The zero-order valence-electron chi connectivity index (χ0n) is 11.2. The van der Waals surface area contributed by atoms with E-state index in [0.29, 0.717) is 0 Å². The van der Waals surface area contributed by atoms with Crippen molar-refractivity contribution < 1.29 is 9.50 Å². The molecule has 0 aliphatic carbocycles. The highest BCUT2D eigenvalue weighted by molar-refractivity contribution is 5.26. The molecular formula is C15H22FNO. The fourth-order valence-electron chi connectivity index (χ4n) is 2.77. The van der Waals surface area contributed by atoms with Crippen molar-refractivity contribution in [2.24, 2.45) is 5.41 Å². The van der Waals surface area contributed by atoms with E-state index in [4.69, 9.17) is 0 Å². The van der Waals surface area contributed by atoms with Crippen molar-refractivity contribution in [3.63, 3.8) is 0 Å². The molecule has 0 saturated carbocycles. The van der Waals surface area contributed by atoms with Crippen LogP contribution in [0.25, 0.3) is 0 Å². The van der Waals surface area contributed by atoms with Gasteiger partial charge in [0.2, 0.25) is 0 Å². The number of likely N-dealkylation sites (tertiary alicyclic amines) is 1. The third-order valence-corrected chi connectivity index (χ3v) is 3.94. The lowest BCUT2D eigenvalue weighted by atomic mass is 9.82. The summed E-state index contributed by atoms with van der Waals surface area (Å²) in [5.74, 6) is -0.171. The Bertz CT molecular complexity index is 421. The Morgan fingerprint density at radius 3 is 2.89 bits per heavy atom. The highest BCUT2D eigenvalue weighted by Gasteiger charge is 2.30. The molecule has 1 aliphatic rings. The van der Waals surface area contributed by atoms with Gasteiger partial charge in [-0.25, -0.2) is 4.39 Å². The first kappa shape index (κ1) is 13.5. The van der Waals surface area contributed by atoms with Crippen molar-refractivity contribution in [3.8, 4) is 0 Å². The average Bonchev–Trinajstić information content (AvgIpc) is 2.33. The van der Waals surface area contributed by atoms with Gasteiger partial charge in [-0.05, 0) is 49.6 Å². The molecule has 1 fully saturated rings. The number of aliphatic hydroxyl groups excluding tert-OH is 1. The third-order valence-electron chi connectivity index (χ3n) is 3.94. The van der Waals surface area contributed by atoms with Crippen LogP contribution in [0, 0.1) is 18.2 Å². The van der Waals surface area contributed by atoms with Crippen molar-refractivity contribution >= 4 is 0 Å². The molecule has 0 radical (unpaired) electrons. The van der Waals surface area contributed by atoms with Gasteiger partial charge in [0.05, 0.1) is 0 Å². The molecule has 0 aromatic heterocycles. The van der Waals surface area contributed by atoms with Crippen molar-refractivity contribution in [2.75, 3.05) is 19.7 Å². The molecule has 1 saturated heterocycles. The number of benzene rings is 1. The van der Waals surface area contributed by atoms with Gasteiger partial charge < -0.3 is 5.11 Å². The second-order valence-corrected chi connectivity index (χ2v) is 5.85. The maximum atomic E-state index is 13.1. The summed E-state index contributed by atoms with van der Waals surface area (Å²) in [4.78, 5) is 2.36. The lowest BCUT2D eigenvalue weighted by Crippen LogP contribution is -2.43. The quantitative estimate of drug-likeness (QED) is 0.893. The number of halogens is 1. The lowest BCUT2D eigenvalue weighted by molar-refractivity contribution is 0.0428. The number of piperidine rings is 1. The van der Waals surface area contributed by atoms with E-state index in [0.717, 1.165) is 38.0 Å². The standard InChI is InChI=1S/C15H22FNO/c1-12-8-14(16)5-4-13(12)9-17-7-3-6-15(2,10-17)11-18/h4-5,8,18H,3,6-7,9-11H2,1-2H3. The van der Waals surface area contributed by atoms with E-state index in [1.54, 1.807) is 6.07 Å². The molecule has 1 aromatic carbocycles. The number of aliphatic hydroxyl groups is 1. The second kappa shape index (κ2) is 5.37. The van der Waals surface area contributed by atoms with Gasteiger partial charge in [0, 0.05) is 25.1 Å². The molecule has 2 nitrogen and oxygen atoms in total. The van der Waals surface area contributed by atoms with E-state index in [1.807, 2.05) is 13.0 Å². The maximum absolute atomic E-state index is 13.1. The number of hydrogen-bond acceptors (Lipinski definition) is 2. The lowest BCUT2D eigenvalue weighted by Gasteiger charge is -2.39. The van der Waals surface area contributed by atoms with Crippen LogP contribution >= 0.6 is 0 Å². The van der Waals surface area contributed by atoms with Crippen LogP contribution in [0.4, 0.5) is 4.39 Å². The highest BCUT2D eigenvalue weighted by atomic mass is 19.1. The van der Waals surface area contributed by atoms with Crippen LogP contribution in [-0.4, -0.2) is 29.7 Å². The first-order valence-corrected chi connectivity index (χ1v) is 6.61. The third kappa shape index (κ3) is 3.09. The SMILES string of the molecule is Cc1cc(F)ccc1CN1CCCC(C)(CO)C1. The van der Waals surface area contributed by atoms with Crippen molar-refractivity contribution in [1.29, 1.82) is 0 Å². The average molecular weight is 251 g/mol. The molecular weight excluding hydrogens is 229 g/mol. The number of aryl methyl sites for hydroxylation is 1. The summed E-state index contributed by atoms with van der Waals surface area (Å²) in [5.41, 5.74) is 2.21. The fraction of sp³-hybridized carbons (Fsp3) is 0.600. The van der Waals surface area contributed by atoms with Crippen LogP contribution in [-0.2, 0) is 6.54 Å². The summed E-state index contributed by atoms with van der Waals surface area (Å²) in [6.45, 7) is 7.16. The van der Waals surface area contributed by atoms with Gasteiger partial charge in [-0.15, -0.1) is 0 Å². The summed E-state index contributed by atoms with van der Waals surface area (Å²) >= 11 is 0. The predicted molar refractivity (Wildman–Crippen MR) is 70.8 cm³/mol. The summed E-state index contributed by atoms with van der Waals surface area (Å²) in [5, 5.41) is 9.45. The molecule has 1 atom stereocenters. The van der Waals surface area contributed by atoms with Gasteiger partial charge in [-0.2, -0.15) is 0 Å². The largest absolute Gasteiger partial charge is 0.396 e. The van der Waals surface area contributed by atoms with Crippen molar-refractivity contribution in [2.45, 2.75) is 33.2 Å². The normalized spacial score (nSPS) is 25.3. The minimum Gasteiger partial charge on any atom is -0.396 e. The first-order valence-electron chi connectivity index (χ1n) is 6.61. The van der Waals surface area contributed by atoms with E-state index in [-0.39, 0.29) is 17.8 Å². The van der Waals surface area contributed by atoms with Crippen LogP contribution < -0.4 is 0 Å². The zero-order chi connectivity index (χ0) is 13.2. The summed E-state index contributed by atoms with van der Waals surface area (Å²) < 4.78 is 13.1. The van der Waals surface area contributed by atoms with Crippen molar-refractivity contribution in [1.82, 2.24) is 4.90 Å². The Hall–Kier alpha value is -0.930. The second-order valence-electron chi connectivity index (χ2n) is 5.85. The summed E-state index contributed by atoms with van der Waals surface area (Å²) in [6, 6.07) is 4.98. The molecule has 2 rings (SSSR count). The maximum Gasteiger partial charge on any atom is 0.123 e. The van der Waals surface area contributed by atoms with E-state index in [9.17, 15) is 9.50 Å². The number of rotatable bonds is 3. The minimum absolute atomic E-state index is 0.0200. The smallest absolute Gasteiger partial charge is 0.123 e. The topological polar surface area (TPSA) is 23.5 Å². The van der Waals surface area contributed by atoms with Crippen molar-refractivity contribution in [3.05, 3.63) is 35.1 Å². The molecule has 0 spiro atoms. The van der Waals surface area contributed by atoms with Crippen LogP contribution in [0.5, 0.6) is 0 Å². The van der Waals surface area contributed by atoms with Gasteiger partial charge in [-0.1, -0.05) is 13.0 Å². The van der Waals surface area contributed by atoms with Gasteiger partial charge >= 0.3 is 0 Å². The summed E-state index contributed by atoms with van der Waals surface area (Å²) in [7, 11) is 0. The Kier molecular flexibility index (Phi) is 4.03. The summed E-state index contributed by atoms with van der Waals surface area (Å²) in [6.07, 6.45) is 2.21. The Morgan fingerprint density at radius 2 is 2.22 bits per heavy atom. The Labute approximate surface area is 108 Å². The Morgan fingerprint density at radius 1 is 1.44 bits per heavy atom. The highest BCUT2D eigenvalue weighted by Crippen LogP contribution is 2.29. The van der Waals surface area contributed by atoms with E-state index < -0.39 is 0 Å². The van der Waals surface area contributed by atoms with Gasteiger partial charge in [-0.3, -0.25) is 4.90 Å². The van der Waals surface area contributed by atoms with E-state index in [1.165, 1.54) is 11.6 Å². The molecule has 1 heterocycles. The van der Waals surface area contributed by atoms with Gasteiger partial charge in [0.1, 0.15) is 5.82 Å². The Balaban J connectivity index is 2.05. The molecule has 1 aromatic rings. The first-order chi connectivity index (χ1) is 8.52. The van der Waals surface area contributed by atoms with Crippen LogP contribution in [0.1, 0.15) is 30.9 Å². The molecule has 1 N–H and O–H groups in total. The van der Waals surface area contributed by atoms with E-state index in [2.05, 4.69) is 11.8 Å². The fourth-order valence-corrected chi connectivity index (χ4v) is 2.77. The minimum atomic E-state index is -0.171. The zero-order valence-corrected chi connectivity index (χ0v) is 11.2. The predicted octanol–water partition coefficient (Wildman–Crippen LogP) is 2.73. The number of hydrogen-bond donors (Lipinski definition) is 1. The van der Waals surface area contributed by atoms with Crippen LogP contribution in [0.2, 0.25) is 0 Å². The van der Waals surface area contributed by atoms with Gasteiger partial charge in [0.25, 0.3) is 0 Å². The molecule has 1 aliphatic heterocycles. The molecule has 18 heavy (non-hydrogen) atoms.